The molecule has 1 atom stereocenters. The number of aromatic amines is 1. The van der Waals surface area contributed by atoms with Gasteiger partial charge in [-0.05, 0) is 31.0 Å². The Kier molecular flexibility index (Phi) is 6.23. The third-order valence-electron chi connectivity index (χ3n) is 4.37. The van der Waals surface area contributed by atoms with E-state index in [9.17, 15) is 17.6 Å². The summed E-state index contributed by atoms with van der Waals surface area (Å²) in [6, 6.07) is 7.46. The fourth-order valence-corrected chi connectivity index (χ4v) is 5.51. The van der Waals surface area contributed by atoms with Crippen molar-refractivity contribution in [3.8, 4) is 0 Å². The number of sulfonamides is 1. The fourth-order valence-electron chi connectivity index (χ4n) is 2.94. The molecular weight excluding hydrogens is 389 g/mol. The summed E-state index contributed by atoms with van der Waals surface area (Å²) in [6.45, 7) is 2.72. The van der Waals surface area contributed by atoms with E-state index in [1.807, 2.05) is 0 Å². The second-order valence-electron chi connectivity index (χ2n) is 6.44. The lowest BCUT2D eigenvalue weighted by atomic mass is 10.1. The van der Waals surface area contributed by atoms with Crippen LogP contribution < -0.4 is 5.32 Å². The number of carbonyl (C=O) groups excluding carboxylic acids is 1. The predicted molar refractivity (Wildman–Crippen MR) is 104 cm³/mol. The normalized spacial score (nSPS) is 16.8. The number of nitrogens with one attached hydrogen (secondary N) is 2. The minimum atomic E-state index is -3.60. The van der Waals surface area contributed by atoms with Crippen LogP contribution in [0.4, 0.5) is 4.39 Å². The van der Waals surface area contributed by atoms with Gasteiger partial charge in [0.2, 0.25) is 10.0 Å². The lowest BCUT2D eigenvalue weighted by Gasteiger charge is -2.24. The lowest BCUT2D eigenvalue weighted by molar-refractivity contribution is 0.0935. The smallest absolute Gasteiger partial charge is 0.267 e. The lowest BCUT2D eigenvalue weighted by Crippen LogP contribution is -2.37. The Hall–Kier alpha value is -1.84. The standard InChI is InChI=1S/C18H22FN3O3S2/c1-13(10-14-4-2-3-5-16(14)19)21-18(23)17-11-15(12-20-17)27(24,25)22-6-8-26-9-7-22/h2-5,11-13,20H,6-10H2,1H3,(H,21,23). The molecule has 1 aromatic heterocycles. The maximum Gasteiger partial charge on any atom is 0.267 e. The Bertz CT molecular complexity index is 908. The zero-order valence-corrected chi connectivity index (χ0v) is 16.6. The quantitative estimate of drug-likeness (QED) is 0.764. The van der Waals surface area contributed by atoms with Gasteiger partial charge in [0.25, 0.3) is 5.91 Å². The third kappa shape index (κ3) is 4.72. The van der Waals surface area contributed by atoms with Crippen LogP contribution in [0.3, 0.4) is 0 Å². The molecule has 0 bridgehead atoms. The number of rotatable bonds is 6. The van der Waals surface area contributed by atoms with E-state index in [-0.39, 0.29) is 22.4 Å². The molecule has 2 heterocycles. The summed E-state index contributed by atoms with van der Waals surface area (Å²) >= 11 is 1.72. The van der Waals surface area contributed by atoms with Gasteiger partial charge in [-0.3, -0.25) is 4.79 Å². The topological polar surface area (TPSA) is 82.3 Å². The molecule has 0 spiro atoms. The molecule has 146 valence electrons. The van der Waals surface area contributed by atoms with E-state index >= 15 is 0 Å². The summed E-state index contributed by atoms with van der Waals surface area (Å²) in [4.78, 5) is 15.2. The number of H-pyrrole nitrogens is 1. The fraction of sp³-hybridized carbons (Fsp3) is 0.389. The summed E-state index contributed by atoms with van der Waals surface area (Å²) in [5.74, 6) is 0.802. The summed E-state index contributed by atoms with van der Waals surface area (Å²) < 4.78 is 40.5. The highest BCUT2D eigenvalue weighted by molar-refractivity contribution is 7.99. The van der Waals surface area contributed by atoms with Crippen molar-refractivity contribution in [2.24, 2.45) is 0 Å². The van der Waals surface area contributed by atoms with Crippen LogP contribution in [0.2, 0.25) is 0 Å². The van der Waals surface area contributed by atoms with Gasteiger partial charge in [0.15, 0.2) is 0 Å². The Balaban J connectivity index is 1.65. The van der Waals surface area contributed by atoms with Crippen LogP contribution in [0.15, 0.2) is 41.4 Å². The maximum atomic E-state index is 13.7. The van der Waals surface area contributed by atoms with E-state index in [1.165, 1.54) is 22.6 Å². The van der Waals surface area contributed by atoms with Crippen LogP contribution in [0, 0.1) is 5.82 Å². The zero-order valence-electron chi connectivity index (χ0n) is 14.9. The van der Waals surface area contributed by atoms with Gasteiger partial charge in [-0.1, -0.05) is 18.2 Å². The van der Waals surface area contributed by atoms with Crippen LogP contribution in [-0.2, 0) is 16.4 Å². The first kappa shape index (κ1) is 19.9. The van der Waals surface area contributed by atoms with Crippen LogP contribution in [0.25, 0.3) is 0 Å². The molecule has 3 rings (SSSR count). The molecule has 9 heteroatoms. The number of halogens is 1. The number of hydrogen-bond acceptors (Lipinski definition) is 4. The van der Waals surface area contributed by atoms with Crippen LogP contribution in [-0.4, -0.2) is 54.3 Å². The van der Waals surface area contributed by atoms with Gasteiger partial charge in [0, 0.05) is 36.8 Å². The number of amides is 1. The molecule has 1 aliphatic heterocycles. The van der Waals surface area contributed by atoms with E-state index in [0.717, 1.165) is 11.5 Å². The first-order chi connectivity index (χ1) is 12.9. The van der Waals surface area contributed by atoms with Crippen molar-refractivity contribution in [3.05, 3.63) is 53.6 Å². The molecule has 0 saturated carbocycles. The highest BCUT2D eigenvalue weighted by Crippen LogP contribution is 2.21. The molecule has 1 amide bonds. The second kappa shape index (κ2) is 8.45. The number of thioether (sulfide) groups is 1. The number of benzene rings is 1. The molecule has 1 aromatic carbocycles. The van der Waals surface area contributed by atoms with Crippen molar-refractivity contribution < 1.29 is 17.6 Å². The van der Waals surface area contributed by atoms with Crippen molar-refractivity contribution in [3.63, 3.8) is 0 Å². The molecule has 2 N–H and O–H groups in total. The summed E-state index contributed by atoms with van der Waals surface area (Å²) in [5, 5.41) is 2.77. The number of hydrogen-bond donors (Lipinski definition) is 2. The maximum absolute atomic E-state index is 13.7. The summed E-state index contributed by atoms with van der Waals surface area (Å²) in [7, 11) is -3.60. The van der Waals surface area contributed by atoms with Crippen molar-refractivity contribution in [1.29, 1.82) is 0 Å². The van der Waals surface area contributed by atoms with Gasteiger partial charge >= 0.3 is 0 Å². The highest BCUT2D eigenvalue weighted by atomic mass is 32.2. The molecule has 1 saturated heterocycles. The van der Waals surface area contributed by atoms with Crippen LogP contribution in [0.5, 0.6) is 0 Å². The number of nitrogens with zero attached hydrogens (tertiary/aromatic N) is 1. The van der Waals surface area contributed by atoms with Crippen LogP contribution >= 0.6 is 11.8 Å². The predicted octanol–water partition coefficient (Wildman–Crippen LogP) is 2.25. The monoisotopic (exact) mass is 411 g/mol. The summed E-state index contributed by atoms with van der Waals surface area (Å²) in [6.07, 6.45) is 1.68. The first-order valence-corrected chi connectivity index (χ1v) is 11.3. The molecule has 27 heavy (non-hydrogen) atoms. The van der Waals surface area contributed by atoms with E-state index < -0.39 is 15.9 Å². The molecule has 6 nitrogen and oxygen atoms in total. The molecule has 1 aliphatic rings. The number of carbonyl (C=O) groups is 1. The van der Waals surface area contributed by atoms with E-state index in [2.05, 4.69) is 10.3 Å². The first-order valence-electron chi connectivity index (χ1n) is 8.68. The van der Waals surface area contributed by atoms with Crippen molar-refractivity contribution in [1.82, 2.24) is 14.6 Å². The van der Waals surface area contributed by atoms with Gasteiger partial charge in [-0.2, -0.15) is 16.1 Å². The van der Waals surface area contributed by atoms with Crippen LogP contribution in [0.1, 0.15) is 23.0 Å². The van der Waals surface area contributed by atoms with Gasteiger partial charge in [0.1, 0.15) is 16.4 Å². The molecule has 1 unspecified atom stereocenters. The van der Waals surface area contributed by atoms with Crippen molar-refractivity contribution in [2.45, 2.75) is 24.3 Å². The average Bonchev–Trinajstić information content (AvgIpc) is 3.15. The van der Waals surface area contributed by atoms with E-state index in [1.54, 1.807) is 36.9 Å². The molecular formula is C18H22FN3O3S2. The number of aromatic nitrogens is 1. The molecule has 0 aliphatic carbocycles. The highest BCUT2D eigenvalue weighted by Gasteiger charge is 2.28. The largest absolute Gasteiger partial charge is 0.356 e. The van der Waals surface area contributed by atoms with E-state index in [4.69, 9.17) is 0 Å². The Morgan fingerprint density at radius 2 is 2.04 bits per heavy atom. The molecule has 2 aromatic rings. The van der Waals surface area contributed by atoms with Crippen molar-refractivity contribution in [2.75, 3.05) is 24.6 Å². The minimum absolute atomic E-state index is 0.0845. The Labute approximate surface area is 162 Å². The summed E-state index contributed by atoms with van der Waals surface area (Å²) in [5.41, 5.74) is 0.684. The average molecular weight is 412 g/mol. The van der Waals surface area contributed by atoms with Gasteiger partial charge in [-0.25, -0.2) is 12.8 Å². The zero-order chi connectivity index (χ0) is 19.4. The molecule has 0 radical (unpaired) electrons. The minimum Gasteiger partial charge on any atom is -0.356 e. The second-order valence-corrected chi connectivity index (χ2v) is 9.60. The van der Waals surface area contributed by atoms with Gasteiger partial charge in [0.05, 0.1) is 0 Å². The SMILES string of the molecule is CC(Cc1ccccc1F)NC(=O)c1cc(S(=O)(=O)N2CCSCC2)c[nH]1. The van der Waals surface area contributed by atoms with Crippen molar-refractivity contribution >= 4 is 27.7 Å². The Morgan fingerprint density at radius 1 is 1.33 bits per heavy atom. The molecule has 1 fully saturated rings. The van der Waals surface area contributed by atoms with E-state index in [0.29, 0.717) is 25.1 Å². The third-order valence-corrected chi connectivity index (χ3v) is 7.19. The van der Waals surface area contributed by atoms with Gasteiger partial charge in [-0.15, -0.1) is 0 Å². The van der Waals surface area contributed by atoms with Gasteiger partial charge < -0.3 is 10.3 Å². The Morgan fingerprint density at radius 3 is 2.74 bits per heavy atom.